The van der Waals surface area contributed by atoms with E-state index in [2.05, 4.69) is 10.6 Å². The lowest BCUT2D eigenvalue weighted by atomic mass is 9.79. The Labute approximate surface area is 62.4 Å². The second kappa shape index (κ2) is 2.89. The van der Waals surface area contributed by atoms with Crippen LogP contribution in [0, 0.1) is 5.92 Å². The molecule has 2 rings (SSSR count). The first kappa shape index (κ1) is 6.62. The molecule has 1 atom stereocenters. The van der Waals surface area contributed by atoms with Crippen LogP contribution in [0.15, 0.2) is 0 Å². The molecule has 1 unspecified atom stereocenters. The van der Waals surface area contributed by atoms with Crippen molar-refractivity contribution in [1.29, 1.82) is 0 Å². The molecule has 2 heteroatoms. The van der Waals surface area contributed by atoms with Gasteiger partial charge in [0.25, 0.3) is 0 Å². The van der Waals surface area contributed by atoms with E-state index in [9.17, 15) is 0 Å². The van der Waals surface area contributed by atoms with Crippen LogP contribution in [0.5, 0.6) is 0 Å². The average Bonchev–Trinajstić information content (AvgIpc) is 1.86. The lowest BCUT2D eigenvalue weighted by Gasteiger charge is -2.37. The van der Waals surface area contributed by atoms with Gasteiger partial charge in [0.05, 0.1) is 0 Å². The highest BCUT2D eigenvalue weighted by molar-refractivity contribution is 4.86. The van der Waals surface area contributed by atoms with Gasteiger partial charge in [-0.15, -0.1) is 0 Å². The number of nitrogens with one attached hydrogen (secondary N) is 2. The maximum atomic E-state index is 3.56. The van der Waals surface area contributed by atoms with Crippen LogP contribution in [0.4, 0.5) is 0 Å². The van der Waals surface area contributed by atoms with Crippen LogP contribution < -0.4 is 10.6 Å². The monoisotopic (exact) mass is 140 g/mol. The Morgan fingerprint density at radius 3 is 2.50 bits per heavy atom. The molecule has 0 amide bonds. The molecule has 2 fully saturated rings. The summed E-state index contributed by atoms with van der Waals surface area (Å²) in [6, 6.07) is 0.794. The van der Waals surface area contributed by atoms with Crippen LogP contribution in [-0.2, 0) is 0 Å². The summed E-state index contributed by atoms with van der Waals surface area (Å²) in [5, 5.41) is 6.98. The molecule has 1 aliphatic heterocycles. The number of hydrogen-bond donors (Lipinski definition) is 2. The number of piperazine rings is 1. The third-order valence-corrected chi connectivity index (χ3v) is 2.79. The summed E-state index contributed by atoms with van der Waals surface area (Å²) in [6.45, 7) is 3.52. The molecule has 1 saturated carbocycles. The summed E-state index contributed by atoms with van der Waals surface area (Å²) in [6.07, 6.45) is 4.38. The van der Waals surface area contributed by atoms with Gasteiger partial charge in [-0.3, -0.25) is 0 Å². The molecule has 0 radical (unpaired) electrons. The zero-order chi connectivity index (χ0) is 6.81. The molecule has 2 N–H and O–H groups in total. The van der Waals surface area contributed by atoms with Crippen LogP contribution in [-0.4, -0.2) is 25.7 Å². The molecule has 1 aliphatic carbocycles. The quantitative estimate of drug-likeness (QED) is 0.549. The number of rotatable bonds is 1. The Hall–Kier alpha value is -0.0800. The Morgan fingerprint density at radius 1 is 1.10 bits per heavy atom. The third kappa shape index (κ3) is 1.18. The van der Waals surface area contributed by atoms with E-state index in [1.807, 2.05) is 0 Å². The summed E-state index contributed by atoms with van der Waals surface area (Å²) < 4.78 is 0. The van der Waals surface area contributed by atoms with Gasteiger partial charge in [-0.25, -0.2) is 0 Å². The van der Waals surface area contributed by atoms with Gasteiger partial charge in [-0.05, 0) is 18.8 Å². The molecule has 0 aromatic rings. The lowest BCUT2D eigenvalue weighted by molar-refractivity contribution is 0.209. The van der Waals surface area contributed by atoms with Crippen LogP contribution in [0.1, 0.15) is 19.3 Å². The fourth-order valence-corrected chi connectivity index (χ4v) is 1.85. The van der Waals surface area contributed by atoms with E-state index < -0.39 is 0 Å². The van der Waals surface area contributed by atoms with Crippen LogP contribution >= 0.6 is 0 Å². The Morgan fingerprint density at radius 2 is 2.00 bits per heavy atom. The second-order valence-electron chi connectivity index (χ2n) is 3.46. The second-order valence-corrected chi connectivity index (χ2v) is 3.46. The molecule has 0 aromatic carbocycles. The van der Waals surface area contributed by atoms with Crippen LogP contribution in [0.25, 0.3) is 0 Å². The maximum absolute atomic E-state index is 3.56. The van der Waals surface area contributed by atoms with Crippen molar-refractivity contribution >= 4 is 0 Å². The van der Waals surface area contributed by atoms with Crippen molar-refractivity contribution in [3.63, 3.8) is 0 Å². The molecule has 0 bridgehead atoms. The fraction of sp³-hybridized carbons (Fsp3) is 1.00. The van der Waals surface area contributed by atoms with Crippen molar-refractivity contribution in [2.24, 2.45) is 5.92 Å². The zero-order valence-electron chi connectivity index (χ0n) is 6.40. The largest absolute Gasteiger partial charge is 0.314 e. The molecule has 2 nitrogen and oxygen atoms in total. The molecule has 1 saturated heterocycles. The summed E-state index contributed by atoms with van der Waals surface area (Å²) in [5.41, 5.74) is 0. The van der Waals surface area contributed by atoms with Gasteiger partial charge in [-0.2, -0.15) is 0 Å². The van der Waals surface area contributed by atoms with E-state index >= 15 is 0 Å². The summed E-state index contributed by atoms with van der Waals surface area (Å²) in [7, 11) is 0. The minimum Gasteiger partial charge on any atom is -0.314 e. The molecular formula is C8H16N2. The predicted molar refractivity (Wildman–Crippen MR) is 42.0 cm³/mol. The molecule has 58 valence electrons. The summed E-state index contributed by atoms with van der Waals surface area (Å²) in [4.78, 5) is 0. The van der Waals surface area contributed by atoms with Crippen molar-refractivity contribution in [2.75, 3.05) is 19.6 Å². The van der Waals surface area contributed by atoms with Gasteiger partial charge in [0.15, 0.2) is 0 Å². The van der Waals surface area contributed by atoms with Crippen molar-refractivity contribution in [2.45, 2.75) is 25.3 Å². The minimum atomic E-state index is 0.794. The SMILES string of the molecule is C1CC(C2CNCCN2)C1. The normalized spacial score (nSPS) is 35.4. The van der Waals surface area contributed by atoms with Gasteiger partial charge >= 0.3 is 0 Å². The van der Waals surface area contributed by atoms with Gasteiger partial charge in [0.1, 0.15) is 0 Å². The van der Waals surface area contributed by atoms with E-state index in [1.54, 1.807) is 0 Å². The highest BCUT2D eigenvalue weighted by Crippen LogP contribution is 2.29. The van der Waals surface area contributed by atoms with E-state index in [0.29, 0.717) is 0 Å². The lowest BCUT2D eigenvalue weighted by Crippen LogP contribution is -2.53. The zero-order valence-corrected chi connectivity index (χ0v) is 6.40. The third-order valence-electron chi connectivity index (χ3n) is 2.79. The van der Waals surface area contributed by atoms with E-state index in [4.69, 9.17) is 0 Å². The number of hydrogen-bond acceptors (Lipinski definition) is 2. The minimum absolute atomic E-state index is 0.794. The molecule has 0 aromatic heterocycles. The molecular weight excluding hydrogens is 124 g/mol. The summed E-state index contributed by atoms with van der Waals surface area (Å²) >= 11 is 0. The van der Waals surface area contributed by atoms with Crippen molar-refractivity contribution in [3.05, 3.63) is 0 Å². The fourth-order valence-electron chi connectivity index (χ4n) is 1.85. The van der Waals surface area contributed by atoms with Gasteiger partial charge in [0, 0.05) is 25.7 Å². The van der Waals surface area contributed by atoms with Gasteiger partial charge in [-0.1, -0.05) is 6.42 Å². The van der Waals surface area contributed by atoms with Crippen molar-refractivity contribution in [1.82, 2.24) is 10.6 Å². The Balaban J connectivity index is 1.78. The van der Waals surface area contributed by atoms with Crippen LogP contribution in [0.3, 0.4) is 0 Å². The molecule has 0 spiro atoms. The Kier molecular flexibility index (Phi) is 1.91. The first-order chi connectivity index (χ1) is 4.97. The first-order valence-electron chi connectivity index (χ1n) is 4.41. The van der Waals surface area contributed by atoms with E-state index in [-0.39, 0.29) is 0 Å². The average molecular weight is 140 g/mol. The molecule has 10 heavy (non-hydrogen) atoms. The topological polar surface area (TPSA) is 24.1 Å². The van der Waals surface area contributed by atoms with Gasteiger partial charge < -0.3 is 10.6 Å². The predicted octanol–water partition coefficient (Wildman–Crippen LogP) is 0.348. The van der Waals surface area contributed by atoms with Gasteiger partial charge in [0.2, 0.25) is 0 Å². The maximum Gasteiger partial charge on any atom is 0.0221 e. The van der Waals surface area contributed by atoms with E-state index in [0.717, 1.165) is 18.5 Å². The smallest absolute Gasteiger partial charge is 0.0221 e. The first-order valence-corrected chi connectivity index (χ1v) is 4.41. The Bertz CT molecular complexity index is 104. The highest BCUT2D eigenvalue weighted by Gasteiger charge is 2.27. The standard InChI is InChI=1S/C8H16N2/c1-2-7(3-1)8-6-9-4-5-10-8/h7-10H,1-6H2. The van der Waals surface area contributed by atoms with Crippen LogP contribution in [0.2, 0.25) is 0 Å². The molecule has 1 heterocycles. The summed E-state index contributed by atoms with van der Waals surface area (Å²) in [5.74, 6) is 0.993. The highest BCUT2D eigenvalue weighted by atomic mass is 15.1. The van der Waals surface area contributed by atoms with E-state index in [1.165, 1.54) is 32.4 Å². The molecule has 2 aliphatic rings. The van der Waals surface area contributed by atoms with Crippen molar-refractivity contribution in [3.8, 4) is 0 Å². The van der Waals surface area contributed by atoms with Crippen molar-refractivity contribution < 1.29 is 0 Å².